The first-order valence-electron chi connectivity index (χ1n) is 4.16. The first kappa shape index (κ1) is 13.5. The maximum atomic E-state index is 11.7. The van der Waals surface area contributed by atoms with Crippen molar-refractivity contribution in [1.82, 2.24) is 19.9 Å². The largest absolute Gasteiger partial charge is 0.382 e. The third-order valence-electron chi connectivity index (χ3n) is 1.55. The van der Waals surface area contributed by atoms with E-state index in [-0.39, 0.29) is 22.8 Å². The van der Waals surface area contributed by atoms with Gasteiger partial charge in [0.2, 0.25) is 5.03 Å². The zero-order valence-electron chi connectivity index (χ0n) is 8.68. The van der Waals surface area contributed by atoms with E-state index in [9.17, 15) is 8.42 Å². The quantitative estimate of drug-likeness (QED) is 0.558. The summed E-state index contributed by atoms with van der Waals surface area (Å²) in [6.07, 6.45) is 0. The second-order valence-corrected chi connectivity index (χ2v) is 5.05. The maximum absolute atomic E-state index is 11.7. The molecule has 16 heavy (non-hydrogen) atoms. The van der Waals surface area contributed by atoms with E-state index in [2.05, 4.69) is 26.2 Å². The first-order chi connectivity index (χ1) is 7.49. The van der Waals surface area contributed by atoms with E-state index in [1.165, 1.54) is 14.2 Å². The Bertz CT molecular complexity index is 426. The van der Waals surface area contributed by atoms with Crippen molar-refractivity contribution in [1.29, 1.82) is 0 Å². The van der Waals surface area contributed by atoms with Crippen LogP contribution in [-0.2, 0) is 26.6 Å². The Labute approximate surface area is 101 Å². The minimum atomic E-state index is -3.80. The predicted octanol–water partition coefficient (Wildman–Crippen LogP) is -0.566. The van der Waals surface area contributed by atoms with Gasteiger partial charge >= 0.3 is 0 Å². The van der Waals surface area contributed by atoms with Gasteiger partial charge in [-0.25, -0.2) is 13.1 Å². The van der Waals surface area contributed by atoms with Crippen LogP contribution in [0.3, 0.4) is 0 Å². The summed E-state index contributed by atoms with van der Waals surface area (Å²) < 4.78 is 29.3. The van der Waals surface area contributed by atoms with E-state index in [1.54, 1.807) is 0 Å². The maximum Gasteiger partial charge on any atom is 0.282 e. The van der Waals surface area contributed by atoms with Crippen LogP contribution in [-0.4, -0.2) is 43.7 Å². The molecule has 0 saturated carbocycles. The van der Waals surface area contributed by atoms with E-state index in [0.29, 0.717) is 0 Å². The molecule has 1 N–H and O–H groups in total. The highest BCUT2D eigenvalue weighted by Crippen LogP contribution is 2.17. The number of hydrogen-bond donors (Lipinski definition) is 1. The summed E-state index contributed by atoms with van der Waals surface area (Å²) in [5.74, 6) is 0. The van der Waals surface area contributed by atoms with Crippen LogP contribution in [0.5, 0.6) is 0 Å². The number of halogens is 1. The van der Waals surface area contributed by atoms with Crippen LogP contribution in [0.1, 0.15) is 0 Å². The molecule has 0 amide bonds. The number of ether oxygens (including phenoxy) is 1. The summed E-state index contributed by atoms with van der Waals surface area (Å²) in [5, 5.41) is 7.00. The van der Waals surface area contributed by atoms with Crippen molar-refractivity contribution in [2.24, 2.45) is 7.05 Å². The summed E-state index contributed by atoms with van der Waals surface area (Å²) in [6.45, 7) is 0.395. The lowest BCUT2D eigenvalue weighted by Gasteiger charge is -2.06. The number of hydrogen-bond acceptors (Lipinski definition) is 6. The van der Waals surface area contributed by atoms with Gasteiger partial charge in [-0.05, 0) is 15.9 Å². The third kappa shape index (κ3) is 3.22. The van der Waals surface area contributed by atoms with Crippen LogP contribution in [0.15, 0.2) is 9.63 Å². The second-order valence-electron chi connectivity index (χ2n) is 2.74. The van der Waals surface area contributed by atoms with Gasteiger partial charge < -0.3 is 4.74 Å². The van der Waals surface area contributed by atoms with E-state index in [4.69, 9.17) is 9.57 Å². The predicted molar refractivity (Wildman–Crippen MR) is 56.9 cm³/mol. The number of aromatic nitrogens is 3. The molecule has 0 radical (unpaired) electrons. The van der Waals surface area contributed by atoms with Gasteiger partial charge in [-0.3, -0.25) is 4.84 Å². The minimum Gasteiger partial charge on any atom is -0.382 e. The second kappa shape index (κ2) is 5.68. The lowest BCUT2D eigenvalue weighted by molar-refractivity contribution is 0.0436. The van der Waals surface area contributed by atoms with E-state index < -0.39 is 10.0 Å². The fourth-order valence-electron chi connectivity index (χ4n) is 0.892. The highest BCUT2D eigenvalue weighted by Gasteiger charge is 2.23. The van der Waals surface area contributed by atoms with Crippen molar-refractivity contribution in [3.8, 4) is 0 Å². The van der Waals surface area contributed by atoms with Crippen molar-refractivity contribution >= 4 is 26.0 Å². The van der Waals surface area contributed by atoms with Gasteiger partial charge in [-0.2, -0.15) is 0 Å². The Morgan fingerprint density at radius 1 is 1.50 bits per heavy atom. The number of aryl methyl sites for hydroxylation is 1. The molecule has 0 atom stereocenters. The molecule has 8 nitrogen and oxygen atoms in total. The molecule has 1 aromatic heterocycles. The molecule has 1 heterocycles. The van der Waals surface area contributed by atoms with Crippen LogP contribution in [0.2, 0.25) is 0 Å². The Hall–Kier alpha value is -0.550. The smallest absolute Gasteiger partial charge is 0.282 e. The lowest BCUT2D eigenvalue weighted by Crippen LogP contribution is -2.27. The summed E-state index contributed by atoms with van der Waals surface area (Å²) in [4.78, 5) is 6.66. The summed E-state index contributed by atoms with van der Waals surface area (Å²) in [6, 6.07) is 0. The molecule has 10 heteroatoms. The minimum absolute atomic E-state index is 0.107. The average molecular weight is 315 g/mol. The highest BCUT2D eigenvalue weighted by molar-refractivity contribution is 9.10. The van der Waals surface area contributed by atoms with Crippen LogP contribution in [0.25, 0.3) is 0 Å². The van der Waals surface area contributed by atoms with Gasteiger partial charge in [0.25, 0.3) is 10.0 Å². The fraction of sp³-hybridized carbons (Fsp3) is 0.667. The number of methoxy groups -OCH3 is 1. The van der Waals surface area contributed by atoms with Crippen molar-refractivity contribution in [3.63, 3.8) is 0 Å². The SMILES string of the molecule is COCCONS(=O)(=O)c1c(Br)nnn1C. The number of sulfonamides is 1. The first-order valence-corrected chi connectivity index (χ1v) is 6.44. The molecule has 0 aromatic carbocycles. The summed E-state index contributed by atoms with van der Waals surface area (Å²) >= 11 is 2.98. The Kier molecular flexibility index (Phi) is 4.80. The average Bonchev–Trinajstić information content (AvgIpc) is 2.54. The number of rotatable bonds is 6. The topological polar surface area (TPSA) is 95.3 Å². The molecular formula is C6H11BrN4O4S. The molecule has 0 unspecified atom stereocenters. The highest BCUT2D eigenvalue weighted by atomic mass is 79.9. The van der Waals surface area contributed by atoms with Crippen molar-refractivity contribution in [3.05, 3.63) is 4.60 Å². The van der Waals surface area contributed by atoms with E-state index in [0.717, 1.165) is 4.68 Å². The zero-order chi connectivity index (χ0) is 12.2. The van der Waals surface area contributed by atoms with Crippen LogP contribution in [0.4, 0.5) is 0 Å². The Morgan fingerprint density at radius 3 is 2.69 bits per heavy atom. The number of nitrogens with one attached hydrogen (secondary N) is 1. The Balaban J connectivity index is 2.71. The fourth-order valence-corrected chi connectivity index (χ4v) is 2.82. The van der Waals surface area contributed by atoms with Crippen LogP contribution >= 0.6 is 15.9 Å². The molecule has 0 aliphatic rings. The van der Waals surface area contributed by atoms with E-state index >= 15 is 0 Å². The van der Waals surface area contributed by atoms with Gasteiger partial charge in [0.05, 0.1) is 13.2 Å². The monoisotopic (exact) mass is 314 g/mol. The summed E-state index contributed by atoms with van der Waals surface area (Å²) in [7, 11) is -0.850. The molecule has 0 fully saturated rings. The molecule has 92 valence electrons. The lowest BCUT2D eigenvalue weighted by atomic mass is 10.8. The zero-order valence-corrected chi connectivity index (χ0v) is 11.1. The van der Waals surface area contributed by atoms with Gasteiger partial charge in [0.15, 0.2) is 4.60 Å². The summed E-state index contributed by atoms with van der Waals surface area (Å²) in [5.41, 5.74) is 0. The van der Waals surface area contributed by atoms with Crippen molar-refractivity contribution < 1.29 is 18.0 Å². The third-order valence-corrected chi connectivity index (χ3v) is 3.65. The molecular weight excluding hydrogens is 304 g/mol. The molecule has 0 saturated heterocycles. The molecule has 0 aliphatic carbocycles. The molecule has 0 aliphatic heterocycles. The Morgan fingerprint density at radius 2 is 2.19 bits per heavy atom. The standard InChI is InChI=1S/C6H11BrN4O4S/c1-11-6(5(7)8-9-11)16(12,13)10-15-4-3-14-2/h10H,3-4H2,1-2H3. The van der Waals surface area contributed by atoms with Crippen molar-refractivity contribution in [2.45, 2.75) is 5.03 Å². The van der Waals surface area contributed by atoms with E-state index in [1.807, 2.05) is 4.89 Å². The van der Waals surface area contributed by atoms with Crippen molar-refractivity contribution in [2.75, 3.05) is 20.3 Å². The number of nitrogens with zero attached hydrogens (tertiary/aromatic N) is 3. The normalized spacial score (nSPS) is 11.9. The van der Waals surface area contributed by atoms with Gasteiger partial charge in [-0.15, -0.1) is 5.10 Å². The molecule has 1 rings (SSSR count). The van der Waals surface area contributed by atoms with Crippen LogP contribution in [0, 0.1) is 0 Å². The molecule has 0 spiro atoms. The van der Waals surface area contributed by atoms with Gasteiger partial charge in [-0.1, -0.05) is 10.1 Å². The van der Waals surface area contributed by atoms with Crippen LogP contribution < -0.4 is 4.89 Å². The molecule has 0 bridgehead atoms. The van der Waals surface area contributed by atoms with Gasteiger partial charge in [0, 0.05) is 14.2 Å². The molecule has 1 aromatic rings. The van der Waals surface area contributed by atoms with Gasteiger partial charge in [0.1, 0.15) is 0 Å².